The first-order valence-electron chi connectivity index (χ1n) is 13.9. The van der Waals surface area contributed by atoms with Gasteiger partial charge in [-0.3, -0.25) is 4.90 Å². The summed E-state index contributed by atoms with van der Waals surface area (Å²) in [5.74, 6) is 3.14. The van der Waals surface area contributed by atoms with Crippen molar-refractivity contribution in [2.75, 3.05) is 39.5 Å². The molecule has 1 aromatic carbocycles. The van der Waals surface area contributed by atoms with Crippen molar-refractivity contribution in [1.82, 2.24) is 4.90 Å². The van der Waals surface area contributed by atoms with Crippen LogP contribution in [0.5, 0.6) is 5.75 Å². The molecule has 7 nitrogen and oxygen atoms in total. The summed E-state index contributed by atoms with van der Waals surface area (Å²) in [5, 5.41) is 18.3. The smallest absolute Gasteiger partial charge is 0.210 e. The van der Waals surface area contributed by atoms with Crippen LogP contribution in [0.25, 0.3) is 0 Å². The van der Waals surface area contributed by atoms with Crippen molar-refractivity contribution < 1.29 is 29.5 Å². The van der Waals surface area contributed by atoms with Gasteiger partial charge in [0.15, 0.2) is 0 Å². The van der Waals surface area contributed by atoms with Crippen molar-refractivity contribution in [3.05, 3.63) is 29.8 Å². The third-order valence-electron chi connectivity index (χ3n) is 9.55. The lowest BCUT2D eigenvalue weighted by Crippen LogP contribution is -2.59. The molecule has 0 unspecified atom stereocenters. The fraction of sp³-hybridized carbons (Fsp3) is 0.786. The molecule has 7 rings (SSSR count). The predicted molar refractivity (Wildman–Crippen MR) is 130 cm³/mol. The maximum atomic E-state index is 9.13. The molecule has 1 heterocycles. The average molecular weight is 488 g/mol. The van der Waals surface area contributed by atoms with Crippen LogP contribution in [0.15, 0.2) is 24.3 Å². The van der Waals surface area contributed by atoms with Gasteiger partial charge in [0, 0.05) is 44.3 Å². The molecular weight excluding hydrogens is 446 g/mol. The van der Waals surface area contributed by atoms with Crippen molar-refractivity contribution in [1.29, 1.82) is 0 Å². The number of rotatable bonds is 9. The Hall–Kier alpha value is -1.22. The largest absolute Gasteiger partial charge is 0.492 e. The first-order chi connectivity index (χ1) is 17.1. The number of aliphatic hydroxyl groups excluding tert-OH is 2. The van der Waals surface area contributed by atoms with Gasteiger partial charge in [-0.2, -0.15) is 9.78 Å². The fourth-order valence-electron chi connectivity index (χ4n) is 7.93. The molecule has 35 heavy (non-hydrogen) atoms. The SMILES string of the molecule is OCCN(CCO)CCOc1ccc(C2CCC3(CC2)OOC2(O3)C3CC4CC(C3)CC2C4)cc1. The van der Waals surface area contributed by atoms with Crippen molar-refractivity contribution in [3.8, 4) is 5.75 Å². The number of benzene rings is 1. The van der Waals surface area contributed by atoms with Gasteiger partial charge in [-0.1, -0.05) is 12.1 Å². The molecule has 1 aromatic rings. The lowest BCUT2D eigenvalue weighted by Gasteiger charge is -2.57. The molecule has 194 valence electrons. The van der Waals surface area contributed by atoms with E-state index in [1.165, 1.54) is 37.7 Å². The highest BCUT2D eigenvalue weighted by atomic mass is 17.3. The van der Waals surface area contributed by atoms with E-state index in [0.29, 0.717) is 44.0 Å². The highest BCUT2D eigenvalue weighted by molar-refractivity contribution is 5.30. The van der Waals surface area contributed by atoms with Gasteiger partial charge in [0.25, 0.3) is 0 Å². The van der Waals surface area contributed by atoms with Crippen LogP contribution in [0.1, 0.15) is 69.3 Å². The monoisotopic (exact) mass is 487 g/mol. The van der Waals surface area contributed by atoms with Gasteiger partial charge in [-0.15, -0.1) is 0 Å². The number of aliphatic hydroxyl groups is 2. The van der Waals surface area contributed by atoms with Crippen LogP contribution in [0, 0.1) is 23.7 Å². The standard InChI is InChI=1S/C28H41NO6/c30-12-9-29(10-13-31)11-14-32-26-3-1-22(2-4-26)23-5-7-27(8-6-23)33-28(35-34-27)24-16-20-15-21(18-24)19-25(28)17-20/h1-4,20-21,23-25,30-31H,5-19H2. The van der Waals surface area contributed by atoms with E-state index >= 15 is 0 Å². The summed E-state index contributed by atoms with van der Waals surface area (Å²) in [7, 11) is 0. The number of ether oxygens (including phenoxy) is 2. The molecule has 5 aliphatic carbocycles. The summed E-state index contributed by atoms with van der Waals surface area (Å²) < 4.78 is 12.8. The minimum Gasteiger partial charge on any atom is -0.492 e. The van der Waals surface area contributed by atoms with Gasteiger partial charge in [0.1, 0.15) is 12.4 Å². The summed E-state index contributed by atoms with van der Waals surface area (Å²) in [6.07, 6.45) is 10.3. The van der Waals surface area contributed by atoms with Crippen LogP contribution in [0.2, 0.25) is 0 Å². The normalized spacial score (nSPS) is 39.8. The molecule has 2 spiro atoms. The molecule has 0 aromatic heterocycles. The second kappa shape index (κ2) is 9.92. The molecule has 4 bridgehead atoms. The molecule has 0 atom stereocenters. The minimum absolute atomic E-state index is 0.0860. The van der Waals surface area contributed by atoms with Gasteiger partial charge >= 0.3 is 0 Å². The molecular formula is C28H41NO6. The Morgan fingerprint density at radius 2 is 1.46 bits per heavy atom. The zero-order chi connectivity index (χ0) is 23.9. The van der Waals surface area contributed by atoms with Gasteiger partial charge in [0.2, 0.25) is 11.6 Å². The van der Waals surface area contributed by atoms with Gasteiger partial charge in [-0.25, -0.2) is 0 Å². The minimum atomic E-state index is -0.552. The molecule has 6 aliphatic rings. The van der Waals surface area contributed by atoms with Crippen LogP contribution in [-0.2, 0) is 14.5 Å². The maximum Gasteiger partial charge on any atom is 0.210 e. The fourth-order valence-corrected chi connectivity index (χ4v) is 7.93. The van der Waals surface area contributed by atoms with Gasteiger partial charge in [0.05, 0.1) is 13.2 Å². The first-order valence-corrected chi connectivity index (χ1v) is 13.9. The third-order valence-corrected chi connectivity index (χ3v) is 9.55. The molecule has 5 saturated carbocycles. The third kappa shape index (κ3) is 4.64. The molecule has 1 saturated heterocycles. The quantitative estimate of drug-likeness (QED) is 0.513. The van der Waals surface area contributed by atoms with E-state index in [1.54, 1.807) is 0 Å². The molecule has 1 aliphatic heterocycles. The van der Waals surface area contributed by atoms with Crippen LogP contribution >= 0.6 is 0 Å². The number of hydrogen-bond donors (Lipinski definition) is 2. The molecule has 0 amide bonds. The second-order valence-electron chi connectivity index (χ2n) is 11.7. The van der Waals surface area contributed by atoms with Crippen molar-refractivity contribution in [2.24, 2.45) is 23.7 Å². The topological polar surface area (TPSA) is 80.6 Å². The Labute approximate surface area is 208 Å². The summed E-state index contributed by atoms with van der Waals surface area (Å²) in [6, 6.07) is 8.47. The Morgan fingerprint density at radius 1 is 0.829 bits per heavy atom. The zero-order valence-electron chi connectivity index (χ0n) is 20.8. The second-order valence-corrected chi connectivity index (χ2v) is 11.7. The van der Waals surface area contributed by atoms with E-state index in [0.717, 1.165) is 43.3 Å². The van der Waals surface area contributed by atoms with Gasteiger partial charge < -0.3 is 19.7 Å². The average Bonchev–Trinajstić information content (AvgIpc) is 3.23. The maximum absolute atomic E-state index is 9.13. The van der Waals surface area contributed by atoms with Crippen molar-refractivity contribution in [2.45, 2.75) is 75.3 Å². The number of hydrogen-bond acceptors (Lipinski definition) is 7. The van der Waals surface area contributed by atoms with Crippen LogP contribution in [-0.4, -0.2) is 66.1 Å². The summed E-state index contributed by atoms with van der Waals surface area (Å²) in [4.78, 5) is 14.3. The van der Waals surface area contributed by atoms with Crippen LogP contribution in [0.4, 0.5) is 0 Å². The van der Waals surface area contributed by atoms with E-state index in [2.05, 4.69) is 24.3 Å². The summed E-state index contributed by atoms with van der Waals surface area (Å²) in [6.45, 7) is 2.48. The highest BCUT2D eigenvalue weighted by Gasteiger charge is 2.66. The van der Waals surface area contributed by atoms with Crippen LogP contribution < -0.4 is 4.74 Å². The highest BCUT2D eigenvalue weighted by Crippen LogP contribution is 2.64. The zero-order valence-corrected chi connectivity index (χ0v) is 20.8. The number of nitrogens with zero attached hydrogens (tertiary/aromatic N) is 1. The van der Waals surface area contributed by atoms with E-state index < -0.39 is 11.6 Å². The molecule has 7 heteroatoms. The van der Waals surface area contributed by atoms with Crippen LogP contribution in [0.3, 0.4) is 0 Å². The lowest BCUT2D eigenvalue weighted by molar-refractivity contribution is -0.390. The molecule has 0 radical (unpaired) electrons. The van der Waals surface area contributed by atoms with E-state index in [9.17, 15) is 0 Å². The van der Waals surface area contributed by atoms with E-state index in [1.807, 2.05) is 4.90 Å². The molecule has 6 fully saturated rings. The summed E-state index contributed by atoms with van der Waals surface area (Å²) in [5.41, 5.74) is 1.35. The Kier molecular flexibility index (Phi) is 6.84. The summed E-state index contributed by atoms with van der Waals surface area (Å²) >= 11 is 0. The Balaban J connectivity index is 1.01. The molecule has 2 N–H and O–H groups in total. The van der Waals surface area contributed by atoms with E-state index in [-0.39, 0.29) is 13.2 Å². The predicted octanol–water partition coefficient (Wildman–Crippen LogP) is 3.84. The van der Waals surface area contributed by atoms with E-state index in [4.69, 9.17) is 29.5 Å². The Bertz CT molecular complexity index is 818. The van der Waals surface area contributed by atoms with Crippen molar-refractivity contribution >= 4 is 0 Å². The Morgan fingerprint density at radius 3 is 2.06 bits per heavy atom. The lowest BCUT2D eigenvalue weighted by atomic mass is 9.53. The van der Waals surface area contributed by atoms with Crippen molar-refractivity contribution in [3.63, 3.8) is 0 Å². The first kappa shape index (κ1) is 24.1. The van der Waals surface area contributed by atoms with Gasteiger partial charge in [-0.05, 0) is 80.4 Å².